The molecule has 1 aromatic rings. The molecule has 4 nitrogen and oxygen atoms in total. The fraction of sp³-hybridized carbons (Fsp3) is 0.588. The minimum absolute atomic E-state index is 0.0617. The Balaban J connectivity index is 1.62. The molecular formula is C17H25N3O. The smallest absolute Gasteiger partial charge is 0.251 e. The second kappa shape index (κ2) is 6.06. The Morgan fingerprint density at radius 3 is 3.05 bits per heavy atom. The number of hydrogen-bond acceptors (Lipinski definition) is 3. The maximum absolute atomic E-state index is 12.5. The van der Waals surface area contributed by atoms with Gasteiger partial charge in [0, 0.05) is 36.4 Å². The van der Waals surface area contributed by atoms with Crippen molar-refractivity contribution in [3.8, 4) is 0 Å². The highest BCUT2D eigenvalue weighted by atomic mass is 16.1. The van der Waals surface area contributed by atoms with Crippen molar-refractivity contribution < 1.29 is 4.79 Å². The van der Waals surface area contributed by atoms with Crippen molar-refractivity contribution in [2.75, 3.05) is 25.5 Å². The average Bonchev–Trinajstić information content (AvgIpc) is 3.35. The molecule has 1 unspecified atom stereocenters. The van der Waals surface area contributed by atoms with Crippen molar-refractivity contribution in [2.45, 2.75) is 44.7 Å². The van der Waals surface area contributed by atoms with Crippen molar-refractivity contribution >= 4 is 11.6 Å². The second-order valence-corrected chi connectivity index (χ2v) is 6.32. The minimum Gasteiger partial charge on any atom is -0.385 e. The molecule has 1 amide bonds. The number of benzene rings is 1. The Morgan fingerprint density at radius 1 is 1.48 bits per heavy atom. The number of nitrogens with zero attached hydrogens (tertiary/aromatic N) is 1. The predicted molar refractivity (Wildman–Crippen MR) is 85.8 cm³/mol. The quantitative estimate of drug-likeness (QED) is 0.873. The van der Waals surface area contributed by atoms with Gasteiger partial charge >= 0.3 is 0 Å². The second-order valence-electron chi connectivity index (χ2n) is 6.32. The van der Waals surface area contributed by atoms with Gasteiger partial charge in [-0.25, -0.2) is 0 Å². The van der Waals surface area contributed by atoms with Crippen molar-refractivity contribution in [2.24, 2.45) is 0 Å². The lowest BCUT2D eigenvalue weighted by Gasteiger charge is -2.25. The SMILES string of the molecule is CC(CNC(=O)c1cccc2c1CCCN2)N(C)C1CC1. The zero-order valence-electron chi connectivity index (χ0n) is 13.0. The Labute approximate surface area is 126 Å². The summed E-state index contributed by atoms with van der Waals surface area (Å²) in [6.45, 7) is 3.89. The van der Waals surface area contributed by atoms with Crippen LogP contribution < -0.4 is 10.6 Å². The summed E-state index contributed by atoms with van der Waals surface area (Å²) in [7, 11) is 2.16. The first-order valence-corrected chi connectivity index (χ1v) is 8.02. The fourth-order valence-electron chi connectivity index (χ4n) is 3.04. The number of nitrogens with one attached hydrogen (secondary N) is 2. The highest BCUT2D eigenvalue weighted by molar-refractivity contribution is 5.97. The van der Waals surface area contributed by atoms with Gasteiger partial charge in [0.05, 0.1) is 0 Å². The predicted octanol–water partition coefficient (Wildman–Crippen LogP) is 2.26. The van der Waals surface area contributed by atoms with Crippen LogP contribution in [0.5, 0.6) is 0 Å². The van der Waals surface area contributed by atoms with E-state index in [9.17, 15) is 4.79 Å². The molecule has 1 saturated carbocycles. The van der Waals surface area contributed by atoms with E-state index in [0.717, 1.165) is 36.7 Å². The summed E-state index contributed by atoms with van der Waals surface area (Å²) < 4.78 is 0. The van der Waals surface area contributed by atoms with Crippen LogP contribution in [0.1, 0.15) is 42.1 Å². The number of carbonyl (C=O) groups is 1. The zero-order chi connectivity index (χ0) is 14.8. The summed E-state index contributed by atoms with van der Waals surface area (Å²) in [5, 5.41) is 6.48. The van der Waals surface area contributed by atoms with Gasteiger partial charge in [0.15, 0.2) is 0 Å². The first-order chi connectivity index (χ1) is 10.2. The minimum atomic E-state index is 0.0617. The van der Waals surface area contributed by atoms with Crippen LogP contribution in [0.2, 0.25) is 0 Å². The maximum atomic E-state index is 12.5. The van der Waals surface area contributed by atoms with E-state index in [1.54, 1.807) is 0 Å². The normalized spacial score (nSPS) is 18.8. The Morgan fingerprint density at radius 2 is 2.29 bits per heavy atom. The lowest BCUT2D eigenvalue weighted by molar-refractivity contribution is 0.0938. The standard InChI is InChI=1S/C17H25N3O/c1-12(20(2)13-8-9-13)11-19-17(21)15-5-3-7-16-14(15)6-4-10-18-16/h3,5,7,12-13,18H,4,6,8-11H2,1-2H3,(H,19,21). The molecule has 1 aliphatic heterocycles. The Kier molecular flexibility index (Phi) is 4.15. The number of fused-ring (bicyclic) bond motifs is 1. The Hall–Kier alpha value is -1.55. The molecule has 1 aliphatic carbocycles. The summed E-state index contributed by atoms with van der Waals surface area (Å²) in [4.78, 5) is 14.8. The van der Waals surface area contributed by atoms with Crippen LogP contribution >= 0.6 is 0 Å². The van der Waals surface area contributed by atoms with Crippen LogP contribution in [0, 0.1) is 0 Å². The van der Waals surface area contributed by atoms with Crippen LogP contribution in [0.4, 0.5) is 5.69 Å². The van der Waals surface area contributed by atoms with Crippen LogP contribution in [-0.4, -0.2) is 43.0 Å². The molecule has 1 aromatic carbocycles. The molecular weight excluding hydrogens is 262 g/mol. The van der Waals surface area contributed by atoms with E-state index in [1.807, 2.05) is 12.1 Å². The fourth-order valence-corrected chi connectivity index (χ4v) is 3.04. The molecule has 1 atom stereocenters. The molecule has 0 radical (unpaired) electrons. The van der Waals surface area contributed by atoms with E-state index < -0.39 is 0 Å². The molecule has 114 valence electrons. The summed E-state index contributed by atoms with van der Waals surface area (Å²) >= 11 is 0. The largest absolute Gasteiger partial charge is 0.385 e. The van der Waals surface area contributed by atoms with Gasteiger partial charge in [0.2, 0.25) is 0 Å². The van der Waals surface area contributed by atoms with Gasteiger partial charge in [-0.05, 0) is 57.4 Å². The molecule has 2 aliphatic rings. The highest BCUT2D eigenvalue weighted by Crippen LogP contribution is 2.27. The summed E-state index contributed by atoms with van der Waals surface area (Å²) in [5.74, 6) is 0.0617. The average molecular weight is 287 g/mol. The first-order valence-electron chi connectivity index (χ1n) is 8.02. The molecule has 0 aromatic heterocycles. The van der Waals surface area contributed by atoms with Crippen molar-refractivity contribution in [1.29, 1.82) is 0 Å². The monoisotopic (exact) mass is 287 g/mol. The molecule has 1 heterocycles. The molecule has 3 rings (SSSR count). The number of amides is 1. The van der Waals surface area contributed by atoms with Crippen LogP contribution in [0.3, 0.4) is 0 Å². The van der Waals surface area contributed by atoms with Gasteiger partial charge in [0.25, 0.3) is 5.91 Å². The van der Waals surface area contributed by atoms with E-state index >= 15 is 0 Å². The summed E-state index contributed by atoms with van der Waals surface area (Å²) in [6.07, 6.45) is 4.68. The van der Waals surface area contributed by atoms with Gasteiger partial charge in [-0.3, -0.25) is 9.69 Å². The van der Waals surface area contributed by atoms with Crippen molar-refractivity contribution in [3.63, 3.8) is 0 Å². The molecule has 2 N–H and O–H groups in total. The van der Waals surface area contributed by atoms with Gasteiger partial charge in [0.1, 0.15) is 0 Å². The lowest BCUT2D eigenvalue weighted by Crippen LogP contribution is -2.41. The van der Waals surface area contributed by atoms with E-state index in [2.05, 4.69) is 35.6 Å². The van der Waals surface area contributed by atoms with E-state index in [4.69, 9.17) is 0 Å². The number of carbonyl (C=O) groups excluding carboxylic acids is 1. The number of rotatable bonds is 5. The van der Waals surface area contributed by atoms with Gasteiger partial charge in [-0.15, -0.1) is 0 Å². The van der Waals surface area contributed by atoms with Gasteiger partial charge in [-0.2, -0.15) is 0 Å². The zero-order valence-corrected chi connectivity index (χ0v) is 13.0. The molecule has 1 fully saturated rings. The highest BCUT2D eigenvalue weighted by Gasteiger charge is 2.29. The lowest BCUT2D eigenvalue weighted by atomic mass is 9.97. The molecule has 21 heavy (non-hydrogen) atoms. The molecule has 0 saturated heterocycles. The number of hydrogen-bond donors (Lipinski definition) is 2. The Bertz CT molecular complexity index is 525. The molecule has 4 heteroatoms. The topological polar surface area (TPSA) is 44.4 Å². The van der Waals surface area contributed by atoms with Crippen molar-refractivity contribution in [1.82, 2.24) is 10.2 Å². The first kappa shape index (κ1) is 14.4. The number of anilines is 1. The molecule has 0 bridgehead atoms. The van der Waals surface area contributed by atoms with Crippen LogP contribution in [-0.2, 0) is 6.42 Å². The van der Waals surface area contributed by atoms with Gasteiger partial charge < -0.3 is 10.6 Å². The van der Waals surface area contributed by atoms with Crippen molar-refractivity contribution in [3.05, 3.63) is 29.3 Å². The number of likely N-dealkylation sites (N-methyl/N-ethyl adjacent to an activating group) is 1. The van der Waals surface area contributed by atoms with E-state index in [-0.39, 0.29) is 5.91 Å². The third-order valence-electron chi connectivity index (χ3n) is 4.72. The third-order valence-corrected chi connectivity index (χ3v) is 4.72. The van der Waals surface area contributed by atoms with E-state index in [0.29, 0.717) is 12.6 Å². The maximum Gasteiger partial charge on any atom is 0.251 e. The third kappa shape index (κ3) is 3.21. The van der Waals surface area contributed by atoms with Crippen LogP contribution in [0.25, 0.3) is 0 Å². The van der Waals surface area contributed by atoms with Gasteiger partial charge in [-0.1, -0.05) is 6.07 Å². The summed E-state index contributed by atoms with van der Waals surface area (Å²) in [5.41, 5.74) is 3.13. The summed E-state index contributed by atoms with van der Waals surface area (Å²) in [6, 6.07) is 7.08. The van der Waals surface area contributed by atoms with E-state index in [1.165, 1.54) is 18.4 Å². The molecule has 0 spiro atoms. The van der Waals surface area contributed by atoms with Crippen LogP contribution in [0.15, 0.2) is 18.2 Å².